The van der Waals surface area contributed by atoms with Crippen LogP contribution in [0.2, 0.25) is 0 Å². The second-order valence-corrected chi connectivity index (χ2v) is 13.8. The highest BCUT2D eigenvalue weighted by atomic mass is 16.8. The zero-order chi connectivity index (χ0) is 32.6. The van der Waals surface area contributed by atoms with E-state index < -0.39 is 70.8 Å². The molecule has 0 radical (unpaired) electrons. The molecule has 1 aromatic carbocycles. The highest BCUT2D eigenvalue weighted by Gasteiger charge is 2.79. The first-order valence-corrected chi connectivity index (χ1v) is 14.8. The van der Waals surface area contributed by atoms with Crippen LogP contribution in [0.15, 0.2) is 42.5 Å². The predicted octanol–water partition coefficient (Wildman–Crippen LogP) is 4.18. The molecule has 2 saturated heterocycles. The first kappa shape index (κ1) is 34.7. The van der Waals surface area contributed by atoms with E-state index >= 15 is 0 Å². The molecule has 7 atom stereocenters. The molecule has 2 bridgehead atoms. The molecule has 43 heavy (non-hydrogen) atoms. The topological polar surface area (TPSA) is 138 Å². The second kappa shape index (κ2) is 12.3. The fourth-order valence-corrected chi connectivity index (χ4v) is 5.84. The Morgan fingerprint density at radius 2 is 1.60 bits per heavy atom. The molecular weight excluding hydrogens is 556 g/mol. The van der Waals surface area contributed by atoms with Gasteiger partial charge in [-0.2, -0.15) is 0 Å². The van der Waals surface area contributed by atoms with Crippen molar-refractivity contribution in [3.8, 4) is 0 Å². The monoisotopic (exact) mass is 604 g/mol. The minimum atomic E-state index is -2.63. The van der Waals surface area contributed by atoms with Gasteiger partial charge in [0, 0.05) is 25.7 Å². The summed E-state index contributed by atoms with van der Waals surface area (Å²) in [5.74, 6) is -4.53. The molecule has 1 aromatic rings. The van der Waals surface area contributed by atoms with Gasteiger partial charge in [0.25, 0.3) is 0 Å². The van der Waals surface area contributed by atoms with E-state index in [1.54, 1.807) is 41.5 Å². The number of esters is 3. The SMILES string of the molecule is C=C(CCC12OC(C)C(O)(C(=O)OC(C)(C)C)C(C(=O)OC(C)(C)C)(C[C@H]1O)O2)[C@@H](OC(C)=O)[C@H](C)Cc1ccccc1. The van der Waals surface area contributed by atoms with Crippen LogP contribution in [0.4, 0.5) is 0 Å². The van der Waals surface area contributed by atoms with Crippen LogP contribution in [0.25, 0.3) is 0 Å². The van der Waals surface area contributed by atoms with Gasteiger partial charge in [-0.3, -0.25) is 4.79 Å². The molecule has 0 saturated carbocycles. The maximum Gasteiger partial charge on any atom is 0.345 e. The van der Waals surface area contributed by atoms with Crippen LogP contribution in [-0.4, -0.2) is 74.6 Å². The van der Waals surface area contributed by atoms with Gasteiger partial charge in [-0.05, 0) is 72.4 Å². The molecule has 240 valence electrons. The number of hydrogen-bond donors (Lipinski definition) is 2. The number of aliphatic hydroxyl groups is 2. The van der Waals surface area contributed by atoms with E-state index in [0.717, 1.165) is 5.56 Å². The van der Waals surface area contributed by atoms with Crippen molar-refractivity contribution < 1.29 is 48.3 Å². The number of carbonyl (C=O) groups excluding carboxylic acids is 3. The second-order valence-electron chi connectivity index (χ2n) is 13.8. The molecule has 0 spiro atoms. The van der Waals surface area contributed by atoms with Gasteiger partial charge in [0.15, 0.2) is 5.79 Å². The lowest BCUT2D eigenvalue weighted by Gasteiger charge is -2.51. The highest BCUT2D eigenvalue weighted by molar-refractivity contribution is 5.94. The van der Waals surface area contributed by atoms with Crippen molar-refractivity contribution in [3.05, 3.63) is 48.0 Å². The first-order chi connectivity index (χ1) is 19.7. The zero-order valence-electron chi connectivity index (χ0n) is 26.9. The fraction of sp³-hybridized carbons (Fsp3) is 0.667. The van der Waals surface area contributed by atoms with Crippen molar-refractivity contribution in [1.82, 2.24) is 0 Å². The van der Waals surface area contributed by atoms with Gasteiger partial charge in [-0.25, -0.2) is 9.59 Å². The van der Waals surface area contributed by atoms with E-state index in [-0.39, 0.29) is 18.8 Å². The summed E-state index contributed by atoms with van der Waals surface area (Å²) < 4.78 is 29.2. The van der Waals surface area contributed by atoms with Gasteiger partial charge in [0.2, 0.25) is 11.2 Å². The Balaban J connectivity index is 1.93. The summed E-state index contributed by atoms with van der Waals surface area (Å²) in [7, 11) is 0. The molecule has 2 N–H and O–H groups in total. The van der Waals surface area contributed by atoms with Crippen LogP contribution >= 0.6 is 0 Å². The van der Waals surface area contributed by atoms with Crippen LogP contribution in [0.5, 0.6) is 0 Å². The third-order valence-corrected chi connectivity index (χ3v) is 7.76. The molecule has 3 rings (SSSR count). The van der Waals surface area contributed by atoms with Gasteiger partial charge in [0.05, 0.1) is 0 Å². The Morgan fingerprint density at radius 1 is 1.05 bits per heavy atom. The molecule has 10 heteroatoms. The third kappa shape index (κ3) is 7.30. The van der Waals surface area contributed by atoms with Crippen molar-refractivity contribution in [2.24, 2.45) is 5.92 Å². The van der Waals surface area contributed by atoms with Crippen molar-refractivity contribution >= 4 is 17.9 Å². The summed E-state index contributed by atoms with van der Waals surface area (Å²) in [6.07, 6.45) is -3.11. The van der Waals surface area contributed by atoms with Crippen LogP contribution in [0.3, 0.4) is 0 Å². The van der Waals surface area contributed by atoms with E-state index in [2.05, 4.69) is 6.58 Å². The highest BCUT2D eigenvalue weighted by Crippen LogP contribution is 2.55. The first-order valence-electron chi connectivity index (χ1n) is 14.8. The smallest absolute Gasteiger partial charge is 0.345 e. The fourth-order valence-electron chi connectivity index (χ4n) is 5.84. The molecule has 4 unspecified atom stereocenters. The third-order valence-electron chi connectivity index (χ3n) is 7.76. The molecule has 0 amide bonds. The van der Waals surface area contributed by atoms with Crippen molar-refractivity contribution in [3.63, 3.8) is 0 Å². The van der Waals surface area contributed by atoms with E-state index in [1.807, 2.05) is 37.3 Å². The van der Waals surface area contributed by atoms with Crippen LogP contribution in [0.1, 0.15) is 87.1 Å². The van der Waals surface area contributed by atoms with Crippen molar-refractivity contribution in [1.29, 1.82) is 0 Å². The summed E-state index contributed by atoms with van der Waals surface area (Å²) in [6.45, 7) is 18.7. The van der Waals surface area contributed by atoms with Gasteiger partial charge in [-0.15, -0.1) is 0 Å². The summed E-state index contributed by atoms with van der Waals surface area (Å²) in [4.78, 5) is 39.3. The quantitative estimate of drug-likeness (QED) is 0.227. The summed E-state index contributed by atoms with van der Waals surface area (Å²) in [6, 6.07) is 9.78. The van der Waals surface area contributed by atoms with Crippen LogP contribution in [-0.2, 0) is 44.5 Å². The number of benzene rings is 1. The Hall–Kier alpha value is -2.79. The van der Waals surface area contributed by atoms with E-state index in [0.29, 0.717) is 12.0 Å². The molecular formula is C33H48O10. The maximum atomic E-state index is 13.8. The number of ether oxygens (including phenoxy) is 5. The number of hydrogen-bond acceptors (Lipinski definition) is 10. The van der Waals surface area contributed by atoms with Gasteiger partial charge in [-0.1, -0.05) is 43.8 Å². The normalized spacial score (nSPS) is 30.2. The lowest BCUT2D eigenvalue weighted by Crippen LogP contribution is -2.74. The summed E-state index contributed by atoms with van der Waals surface area (Å²) in [5.41, 5.74) is -5.33. The zero-order valence-corrected chi connectivity index (χ0v) is 26.9. The lowest BCUT2D eigenvalue weighted by molar-refractivity contribution is -0.377. The number of fused-ring (bicyclic) bond motifs is 2. The van der Waals surface area contributed by atoms with Gasteiger partial charge in [0.1, 0.15) is 29.5 Å². The Labute approximate surface area is 254 Å². The van der Waals surface area contributed by atoms with E-state index in [4.69, 9.17) is 23.7 Å². The molecule has 0 aliphatic carbocycles. The van der Waals surface area contributed by atoms with E-state index in [1.165, 1.54) is 13.8 Å². The minimum absolute atomic E-state index is 0.0118. The molecule has 0 aromatic heterocycles. The lowest BCUT2D eigenvalue weighted by atomic mass is 9.76. The Bertz CT molecular complexity index is 1200. The Kier molecular flexibility index (Phi) is 9.93. The van der Waals surface area contributed by atoms with Gasteiger partial charge < -0.3 is 33.9 Å². The number of rotatable bonds is 10. The summed E-state index contributed by atoms with van der Waals surface area (Å²) in [5, 5.41) is 23.4. The van der Waals surface area contributed by atoms with Gasteiger partial charge >= 0.3 is 17.9 Å². The molecule has 2 fully saturated rings. The van der Waals surface area contributed by atoms with E-state index in [9.17, 15) is 24.6 Å². The average Bonchev–Trinajstić information content (AvgIpc) is 3.13. The molecule has 10 nitrogen and oxygen atoms in total. The molecule has 2 heterocycles. The predicted molar refractivity (Wildman–Crippen MR) is 158 cm³/mol. The number of aliphatic hydroxyl groups excluding tert-OH is 1. The minimum Gasteiger partial charge on any atom is -0.458 e. The largest absolute Gasteiger partial charge is 0.458 e. The molecule has 2 aliphatic rings. The standard InChI is InChI=1S/C33H48O10/c1-20(26(39-23(4)34)21(2)18-24-14-12-11-13-15-24)16-17-32-25(35)19-31(43-32,27(36)41-29(5,6)7)33(38,22(3)40-32)28(37)42-30(8,9)10/h11-15,21-22,25-26,35,38H,1,16-19H2,2-10H3/t21-,22?,25-,26-,31?,32?,33?/m1/s1. The average molecular weight is 605 g/mol. The van der Waals surface area contributed by atoms with Crippen LogP contribution < -0.4 is 0 Å². The van der Waals surface area contributed by atoms with Crippen molar-refractivity contribution in [2.75, 3.05) is 0 Å². The maximum absolute atomic E-state index is 13.8. The van der Waals surface area contributed by atoms with Crippen molar-refractivity contribution in [2.45, 2.75) is 135 Å². The Morgan fingerprint density at radius 3 is 2.14 bits per heavy atom. The number of carbonyl (C=O) groups is 3. The molecule has 2 aliphatic heterocycles. The van der Waals surface area contributed by atoms with Crippen LogP contribution in [0, 0.1) is 5.92 Å². The summed E-state index contributed by atoms with van der Waals surface area (Å²) >= 11 is 0.